The first-order chi connectivity index (χ1) is 10.9. The molecule has 2 aromatic rings. The van der Waals surface area contributed by atoms with Crippen LogP contribution in [0, 0.1) is 0 Å². The molecule has 0 saturated carbocycles. The molecule has 23 heavy (non-hydrogen) atoms. The highest BCUT2D eigenvalue weighted by atomic mass is 35.5. The first-order valence-electron chi connectivity index (χ1n) is 7.55. The van der Waals surface area contributed by atoms with E-state index in [0.717, 1.165) is 12.1 Å². The summed E-state index contributed by atoms with van der Waals surface area (Å²) in [5, 5.41) is 14.1. The predicted octanol–water partition coefficient (Wildman–Crippen LogP) is 3.54. The van der Waals surface area contributed by atoms with E-state index in [1.54, 1.807) is 19.1 Å². The van der Waals surface area contributed by atoms with E-state index in [1.165, 1.54) is 5.56 Å². The Hall–Kier alpha value is -2.04. The molecule has 2 aromatic carbocycles. The molecule has 122 valence electrons. The van der Waals surface area contributed by atoms with E-state index in [9.17, 15) is 5.11 Å². The number of guanidine groups is 1. The molecule has 4 N–H and O–H groups in total. The van der Waals surface area contributed by atoms with Gasteiger partial charge < -0.3 is 16.2 Å². The minimum Gasteiger partial charge on any atom is -0.383 e. The van der Waals surface area contributed by atoms with E-state index >= 15 is 0 Å². The standard InChI is InChI=1S/C18H22ClN3O/c1-3-13-7-6-8-14(11-13)22-17(20)21-12-18(2,23)15-9-4-5-10-16(15)19/h4-11,23H,3,12H2,1-2H3,(H3,20,21,22). The van der Waals surface area contributed by atoms with Crippen LogP contribution < -0.4 is 11.1 Å². The largest absolute Gasteiger partial charge is 0.383 e. The SMILES string of the molecule is CCc1cccc(NC(N)=NCC(C)(O)c2ccccc2Cl)c1. The zero-order valence-corrected chi connectivity index (χ0v) is 14.1. The molecule has 0 bridgehead atoms. The number of nitrogens with one attached hydrogen (secondary N) is 1. The van der Waals surface area contributed by atoms with Gasteiger partial charge in [0.1, 0.15) is 5.60 Å². The number of aliphatic imine (C=N–C) groups is 1. The Bertz CT molecular complexity index is 698. The number of benzene rings is 2. The molecule has 0 fully saturated rings. The monoisotopic (exact) mass is 331 g/mol. The van der Waals surface area contributed by atoms with Gasteiger partial charge in [-0.25, -0.2) is 4.99 Å². The van der Waals surface area contributed by atoms with Gasteiger partial charge in [0.25, 0.3) is 0 Å². The molecular formula is C18H22ClN3O. The van der Waals surface area contributed by atoms with Crippen molar-refractivity contribution >= 4 is 23.2 Å². The van der Waals surface area contributed by atoms with Crippen LogP contribution in [-0.4, -0.2) is 17.6 Å². The lowest BCUT2D eigenvalue weighted by molar-refractivity contribution is 0.0675. The second-order valence-electron chi connectivity index (χ2n) is 5.63. The molecule has 0 aliphatic rings. The summed E-state index contributed by atoms with van der Waals surface area (Å²) in [6.45, 7) is 3.88. The second-order valence-corrected chi connectivity index (χ2v) is 6.04. The first-order valence-corrected chi connectivity index (χ1v) is 7.93. The summed E-state index contributed by atoms with van der Waals surface area (Å²) < 4.78 is 0. The summed E-state index contributed by atoms with van der Waals surface area (Å²) in [6.07, 6.45) is 0.952. The summed E-state index contributed by atoms with van der Waals surface area (Å²) in [6, 6.07) is 15.1. The normalized spacial score (nSPS) is 14.3. The number of hydrogen-bond acceptors (Lipinski definition) is 2. The van der Waals surface area contributed by atoms with Crippen molar-refractivity contribution in [2.24, 2.45) is 10.7 Å². The van der Waals surface area contributed by atoms with Gasteiger partial charge in [0.2, 0.25) is 0 Å². The molecule has 0 spiro atoms. The lowest BCUT2D eigenvalue weighted by Gasteiger charge is -2.23. The highest BCUT2D eigenvalue weighted by molar-refractivity contribution is 6.31. The van der Waals surface area contributed by atoms with Crippen molar-refractivity contribution in [3.8, 4) is 0 Å². The fraction of sp³-hybridized carbons (Fsp3) is 0.278. The maximum Gasteiger partial charge on any atom is 0.193 e. The summed E-state index contributed by atoms with van der Waals surface area (Å²) in [5.41, 5.74) is 7.45. The number of rotatable bonds is 5. The molecule has 0 aliphatic heterocycles. The van der Waals surface area contributed by atoms with Crippen molar-refractivity contribution < 1.29 is 5.11 Å². The maximum absolute atomic E-state index is 10.6. The lowest BCUT2D eigenvalue weighted by atomic mass is 9.96. The molecule has 0 radical (unpaired) electrons. The fourth-order valence-corrected chi connectivity index (χ4v) is 2.62. The molecule has 5 heteroatoms. The minimum atomic E-state index is -1.18. The van der Waals surface area contributed by atoms with Gasteiger partial charge in [-0.2, -0.15) is 0 Å². The summed E-state index contributed by atoms with van der Waals surface area (Å²) in [4.78, 5) is 4.24. The van der Waals surface area contributed by atoms with E-state index in [2.05, 4.69) is 23.3 Å². The predicted molar refractivity (Wildman–Crippen MR) is 97.0 cm³/mol. The minimum absolute atomic E-state index is 0.114. The van der Waals surface area contributed by atoms with Crippen molar-refractivity contribution in [2.75, 3.05) is 11.9 Å². The fourth-order valence-electron chi connectivity index (χ4n) is 2.28. The molecule has 1 atom stereocenters. The quantitative estimate of drug-likeness (QED) is 0.579. The van der Waals surface area contributed by atoms with E-state index in [0.29, 0.717) is 10.6 Å². The molecule has 0 heterocycles. The average Bonchev–Trinajstić information content (AvgIpc) is 2.53. The van der Waals surface area contributed by atoms with Crippen molar-refractivity contribution in [3.05, 3.63) is 64.7 Å². The van der Waals surface area contributed by atoms with Gasteiger partial charge in [-0.05, 0) is 37.1 Å². The smallest absolute Gasteiger partial charge is 0.193 e. The molecule has 2 rings (SSSR count). The number of aryl methyl sites for hydroxylation is 1. The van der Waals surface area contributed by atoms with Crippen LogP contribution >= 0.6 is 11.6 Å². The Morgan fingerprint density at radius 1 is 1.26 bits per heavy atom. The Morgan fingerprint density at radius 3 is 2.70 bits per heavy atom. The third-order valence-electron chi connectivity index (χ3n) is 3.62. The highest BCUT2D eigenvalue weighted by Gasteiger charge is 2.25. The van der Waals surface area contributed by atoms with Gasteiger partial charge in [0, 0.05) is 16.3 Å². The van der Waals surface area contributed by atoms with Crippen LogP contribution in [-0.2, 0) is 12.0 Å². The van der Waals surface area contributed by atoms with E-state index in [-0.39, 0.29) is 12.5 Å². The second kappa shape index (κ2) is 7.49. The third kappa shape index (κ3) is 4.71. The number of aliphatic hydroxyl groups is 1. The number of hydrogen-bond donors (Lipinski definition) is 3. The van der Waals surface area contributed by atoms with Gasteiger partial charge >= 0.3 is 0 Å². The van der Waals surface area contributed by atoms with Gasteiger partial charge in [-0.1, -0.05) is 48.9 Å². The summed E-state index contributed by atoms with van der Waals surface area (Å²) in [7, 11) is 0. The molecule has 1 unspecified atom stereocenters. The number of nitrogens with zero attached hydrogens (tertiary/aromatic N) is 1. The van der Waals surface area contributed by atoms with Gasteiger partial charge in [0.15, 0.2) is 5.96 Å². The maximum atomic E-state index is 10.6. The highest BCUT2D eigenvalue weighted by Crippen LogP contribution is 2.28. The van der Waals surface area contributed by atoms with Crippen molar-refractivity contribution in [2.45, 2.75) is 25.9 Å². The van der Waals surface area contributed by atoms with Crippen molar-refractivity contribution in [1.82, 2.24) is 0 Å². The Balaban J connectivity index is 2.07. The number of nitrogens with two attached hydrogens (primary N) is 1. The first kappa shape index (κ1) is 17.3. The summed E-state index contributed by atoms with van der Waals surface area (Å²) >= 11 is 6.13. The van der Waals surface area contributed by atoms with Crippen molar-refractivity contribution in [3.63, 3.8) is 0 Å². The van der Waals surface area contributed by atoms with Crippen LogP contribution in [0.1, 0.15) is 25.0 Å². The topological polar surface area (TPSA) is 70.6 Å². The molecule has 0 aliphatic carbocycles. The zero-order valence-electron chi connectivity index (χ0n) is 13.4. The third-order valence-corrected chi connectivity index (χ3v) is 3.95. The van der Waals surface area contributed by atoms with Crippen LogP contribution in [0.15, 0.2) is 53.5 Å². The van der Waals surface area contributed by atoms with E-state index in [4.69, 9.17) is 17.3 Å². The summed E-state index contributed by atoms with van der Waals surface area (Å²) in [5.74, 6) is 0.255. The van der Waals surface area contributed by atoms with Crippen LogP contribution in [0.25, 0.3) is 0 Å². The van der Waals surface area contributed by atoms with Crippen LogP contribution in [0.3, 0.4) is 0 Å². The van der Waals surface area contributed by atoms with Crippen molar-refractivity contribution in [1.29, 1.82) is 0 Å². The lowest BCUT2D eigenvalue weighted by Crippen LogP contribution is -2.30. The Labute approximate surface area is 142 Å². The Kier molecular flexibility index (Phi) is 5.64. The average molecular weight is 332 g/mol. The van der Waals surface area contributed by atoms with Gasteiger partial charge in [-0.15, -0.1) is 0 Å². The van der Waals surface area contributed by atoms with Crippen LogP contribution in [0.5, 0.6) is 0 Å². The van der Waals surface area contributed by atoms with Crippen LogP contribution in [0.4, 0.5) is 5.69 Å². The molecule has 0 amide bonds. The number of halogens is 1. The zero-order chi connectivity index (χ0) is 16.9. The molecule has 4 nitrogen and oxygen atoms in total. The molecule has 0 saturated heterocycles. The van der Waals surface area contributed by atoms with Gasteiger partial charge in [0.05, 0.1) is 6.54 Å². The Morgan fingerprint density at radius 2 is 2.00 bits per heavy atom. The van der Waals surface area contributed by atoms with Gasteiger partial charge in [-0.3, -0.25) is 0 Å². The molecule has 0 aromatic heterocycles. The molecular weight excluding hydrogens is 310 g/mol. The van der Waals surface area contributed by atoms with Crippen LogP contribution in [0.2, 0.25) is 5.02 Å². The number of anilines is 1. The van der Waals surface area contributed by atoms with E-state index < -0.39 is 5.60 Å². The van der Waals surface area contributed by atoms with E-state index in [1.807, 2.05) is 30.3 Å².